The SMILES string of the molecule is CC1C=c2[nH]n(-c3cccc(C(C)(C)C)c3)c2=CC1. The summed E-state index contributed by atoms with van der Waals surface area (Å²) in [5, 5.41) is 6.03. The van der Waals surface area contributed by atoms with E-state index >= 15 is 0 Å². The number of hydrogen-bond acceptors (Lipinski definition) is 0. The highest BCUT2D eigenvalue weighted by Gasteiger charge is 2.15. The number of H-pyrrole nitrogens is 1. The summed E-state index contributed by atoms with van der Waals surface area (Å²) in [6.07, 6.45) is 5.79. The van der Waals surface area contributed by atoms with Gasteiger partial charge in [0.05, 0.1) is 16.4 Å². The highest BCUT2D eigenvalue weighted by molar-refractivity contribution is 5.43. The summed E-state index contributed by atoms with van der Waals surface area (Å²) in [6, 6.07) is 8.79. The Balaban J connectivity index is 2.06. The van der Waals surface area contributed by atoms with E-state index in [2.05, 4.69) is 73.9 Å². The van der Waals surface area contributed by atoms with Crippen molar-refractivity contribution >= 4 is 12.2 Å². The molecule has 0 fully saturated rings. The van der Waals surface area contributed by atoms with E-state index in [0.717, 1.165) is 6.42 Å². The summed E-state index contributed by atoms with van der Waals surface area (Å²) in [5.74, 6) is 0.648. The zero-order valence-corrected chi connectivity index (χ0v) is 12.2. The Bertz CT molecular complexity index is 707. The minimum absolute atomic E-state index is 0.189. The molecule has 19 heavy (non-hydrogen) atoms. The van der Waals surface area contributed by atoms with Gasteiger partial charge in [-0.05, 0) is 35.4 Å². The highest BCUT2D eigenvalue weighted by atomic mass is 15.3. The van der Waals surface area contributed by atoms with Crippen molar-refractivity contribution in [3.8, 4) is 5.69 Å². The fourth-order valence-electron chi connectivity index (χ4n) is 2.59. The Morgan fingerprint density at radius 2 is 2.05 bits per heavy atom. The molecule has 1 aromatic carbocycles. The Morgan fingerprint density at radius 1 is 1.26 bits per heavy atom. The maximum Gasteiger partial charge on any atom is 0.0837 e. The van der Waals surface area contributed by atoms with E-state index in [-0.39, 0.29) is 5.41 Å². The second-order valence-electron chi connectivity index (χ2n) is 6.63. The summed E-state index contributed by atoms with van der Waals surface area (Å²) in [6.45, 7) is 9.01. The second kappa shape index (κ2) is 4.16. The molecule has 2 nitrogen and oxygen atoms in total. The Morgan fingerprint density at radius 3 is 2.74 bits per heavy atom. The van der Waals surface area contributed by atoms with E-state index in [1.54, 1.807) is 0 Å². The molecule has 0 saturated heterocycles. The van der Waals surface area contributed by atoms with Crippen LogP contribution in [-0.2, 0) is 5.41 Å². The zero-order valence-electron chi connectivity index (χ0n) is 12.2. The van der Waals surface area contributed by atoms with Crippen molar-refractivity contribution in [2.45, 2.75) is 39.5 Å². The van der Waals surface area contributed by atoms with Crippen LogP contribution in [0.5, 0.6) is 0 Å². The minimum atomic E-state index is 0.189. The molecule has 0 spiro atoms. The number of rotatable bonds is 1. The number of hydrogen-bond donors (Lipinski definition) is 1. The van der Waals surface area contributed by atoms with Crippen molar-refractivity contribution in [2.75, 3.05) is 0 Å². The van der Waals surface area contributed by atoms with Crippen LogP contribution in [0.3, 0.4) is 0 Å². The lowest BCUT2D eigenvalue weighted by Gasteiger charge is -2.22. The maximum atomic E-state index is 3.43. The van der Waals surface area contributed by atoms with Gasteiger partial charge in [0.2, 0.25) is 0 Å². The third-order valence-corrected chi connectivity index (χ3v) is 3.85. The topological polar surface area (TPSA) is 20.7 Å². The fourth-order valence-corrected chi connectivity index (χ4v) is 2.59. The number of aromatic amines is 1. The molecular weight excluding hydrogens is 232 g/mol. The molecule has 2 aromatic rings. The van der Waals surface area contributed by atoms with Crippen molar-refractivity contribution in [1.29, 1.82) is 0 Å². The van der Waals surface area contributed by atoms with Crippen LogP contribution in [0, 0.1) is 5.92 Å². The molecule has 1 unspecified atom stereocenters. The van der Waals surface area contributed by atoms with E-state index < -0.39 is 0 Å². The smallest absolute Gasteiger partial charge is 0.0837 e. The molecule has 0 aliphatic heterocycles. The number of aromatic nitrogens is 2. The quantitative estimate of drug-likeness (QED) is 0.808. The molecular formula is C17H22N2. The Labute approximate surface area is 114 Å². The molecule has 0 radical (unpaired) electrons. The largest absolute Gasteiger partial charge is 0.292 e. The summed E-state index contributed by atoms with van der Waals surface area (Å²) in [4.78, 5) is 0. The van der Waals surface area contributed by atoms with E-state index in [1.807, 2.05) is 0 Å². The van der Waals surface area contributed by atoms with Gasteiger partial charge in [0.15, 0.2) is 0 Å². The maximum absolute atomic E-state index is 3.43. The molecule has 2 heteroatoms. The predicted molar refractivity (Wildman–Crippen MR) is 80.8 cm³/mol. The van der Waals surface area contributed by atoms with Crippen molar-refractivity contribution in [3.63, 3.8) is 0 Å². The summed E-state index contributed by atoms with van der Waals surface area (Å²) < 4.78 is 2.19. The van der Waals surface area contributed by atoms with Gasteiger partial charge in [-0.3, -0.25) is 9.78 Å². The first kappa shape index (κ1) is 12.3. The number of nitrogens with zero attached hydrogens (tertiary/aromatic N) is 1. The normalized spacial score (nSPS) is 18.6. The van der Waals surface area contributed by atoms with Crippen LogP contribution >= 0.6 is 0 Å². The molecule has 1 aliphatic rings. The number of benzene rings is 1. The number of nitrogens with one attached hydrogen (secondary N) is 1. The lowest BCUT2D eigenvalue weighted by atomic mass is 9.87. The fraction of sp³-hybridized carbons (Fsp3) is 0.412. The standard InChI is InChI=1S/C17H22N2/c1-12-8-9-16-15(10-12)18-19(16)14-7-5-6-13(11-14)17(2,3)4/h5-7,9-12,18H,8H2,1-4H3. The molecule has 0 amide bonds. The van der Waals surface area contributed by atoms with E-state index in [0.29, 0.717) is 5.92 Å². The monoisotopic (exact) mass is 254 g/mol. The van der Waals surface area contributed by atoms with Crippen LogP contribution in [0.15, 0.2) is 24.3 Å². The molecule has 1 aliphatic carbocycles. The molecule has 0 saturated carbocycles. The molecule has 0 bridgehead atoms. The Hall–Kier alpha value is -1.70. The van der Waals surface area contributed by atoms with Crippen molar-refractivity contribution < 1.29 is 0 Å². The number of fused-ring (bicyclic) bond motifs is 1. The van der Waals surface area contributed by atoms with Gasteiger partial charge in [-0.25, -0.2) is 0 Å². The van der Waals surface area contributed by atoms with Crippen molar-refractivity contribution in [1.82, 2.24) is 9.78 Å². The van der Waals surface area contributed by atoms with Gasteiger partial charge < -0.3 is 0 Å². The lowest BCUT2D eigenvalue weighted by molar-refractivity contribution is 0.587. The summed E-state index contributed by atoms with van der Waals surface area (Å²) >= 11 is 0. The van der Waals surface area contributed by atoms with Gasteiger partial charge in [-0.2, -0.15) is 0 Å². The second-order valence-corrected chi connectivity index (χ2v) is 6.63. The van der Waals surface area contributed by atoms with Gasteiger partial charge in [-0.1, -0.05) is 52.0 Å². The van der Waals surface area contributed by atoms with E-state index in [4.69, 9.17) is 0 Å². The van der Waals surface area contributed by atoms with E-state index in [9.17, 15) is 0 Å². The van der Waals surface area contributed by atoms with Crippen molar-refractivity contribution in [3.05, 3.63) is 40.5 Å². The minimum Gasteiger partial charge on any atom is -0.292 e. The molecule has 1 atom stereocenters. The van der Waals surface area contributed by atoms with Gasteiger partial charge in [-0.15, -0.1) is 0 Å². The average Bonchev–Trinajstić information content (AvgIpc) is 2.32. The van der Waals surface area contributed by atoms with Crippen LogP contribution in [-0.4, -0.2) is 9.78 Å². The third-order valence-electron chi connectivity index (χ3n) is 3.85. The van der Waals surface area contributed by atoms with Crippen LogP contribution in [0.2, 0.25) is 0 Å². The first-order valence-corrected chi connectivity index (χ1v) is 7.05. The van der Waals surface area contributed by atoms with Gasteiger partial charge in [0.25, 0.3) is 0 Å². The van der Waals surface area contributed by atoms with Crippen LogP contribution in [0.25, 0.3) is 17.8 Å². The van der Waals surface area contributed by atoms with Crippen LogP contribution in [0.1, 0.15) is 39.7 Å². The van der Waals surface area contributed by atoms with Gasteiger partial charge in [0, 0.05) is 0 Å². The van der Waals surface area contributed by atoms with Gasteiger partial charge in [0.1, 0.15) is 0 Å². The zero-order chi connectivity index (χ0) is 13.6. The Kier molecular flexibility index (Phi) is 2.70. The molecule has 1 N–H and O–H groups in total. The summed E-state index contributed by atoms with van der Waals surface area (Å²) in [7, 11) is 0. The lowest BCUT2D eigenvalue weighted by Crippen LogP contribution is -2.49. The molecule has 100 valence electrons. The summed E-state index contributed by atoms with van der Waals surface area (Å²) in [5.41, 5.74) is 2.79. The van der Waals surface area contributed by atoms with Crippen molar-refractivity contribution in [2.24, 2.45) is 5.92 Å². The highest BCUT2D eigenvalue weighted by Crippen LogP contribution is 2.23. The first-order valence-electron chi connectivity index (χ1n) is 7.05. The average molecular weight is 254 g/mol. The molecule has 1 aromatic heterocycles. The molecule has 3 rings (SSSR count). The first-order chi connectivity index (χ1) is 8.95. The van der Waals surface area contributed by atoms with E-state index in [1.165, 1.54) is 21.9 Å². The van der Waals surface area contributed by atoms with Gasteiger partial charge >= 0.3 is 0 Å². The van der Waals surface area contributed by atoms with Crippen LogP contribution in [0.4, 0.5) is 0 Å². The predicted octanol–water partition coefficient (Wildman–Crippen LogP) is 2.70. The molecule has 1 heterocycles. The third kappa shape index (κ3) is 2.16. The van der Waals surface area contributed by atoms with Crippen LogP contribution < -0.4 is 10.7 Å².